The first-order chi connectivity index (χ1) is 16.7. The van der Waals surface area contributed by atoms with Crippen molar-refractivity contribution in [3.8, 4) is 11.3 Å². The van der Waals surface area contributed by atoms with Crippen LogP contribution in [0.25, 0.3) is 32.9 Å². The van der Waals surface area contributed by atoms with Crippen molar-refractivity contribution in [3.05, 3.63) is 100 Å². The smallest absolute Gasteiger partial charge is 0.292 e. The lowest BCUT2D eigenvalue weighted by molar-refractivity contribution is 0.0949. The molecule has 0 radical (unpaired) electrons. The topological polar surface area (TPSA) is 92.1 Å². The maximum Gasteiger partial charge on any atom is 0.292 e. The quantitative estimate of drug-likeness (QED) is 0.290. The minimum Gasteiger partial charge on any atom is -0.354 e. The Balaban J connectivity index is 1.51. The zero-order chi connectivity index (χ0) is 23.5. The Morgan fingerprint density at radius 1 is 0.971 bits per heavy atom. The summed E-state index contributed by atoms with van der Waals surface area (Å²) in [4.78, 5) is 29.2. The molecule has 0 atom stereocenters. The number of nitrogens with one attached hydrogen (secondary N) is 2. The third-order valence-corrected chi connectivity index (χ3v) is 5.69. The van der Waals surface area contributed by atoms with Crippen LogP contribution in [0.4, 0.5) is 0 Å². The fourth-order valence-electron chi connectivity index (χ4n) is 4.10. The van der Waals surface area contributed by atoms with Gasteiger partial charge in [-0.2, -0.15) is 10.2 Å². The van der Waals surface area contributed by atoms with Crippen LogP contribution >= 0.6 is 0 Å². The molecule has 0 fully saturated rings. The second kappa shape index (κ2) is 9.15. The normalized spacial score (nSPS) is 11.4. The molecule has 5 rings (SSSR count). The molecular formula is C27H23N5O2. The lowest BCUT2D eigenvalue weighted by atomic mass is 10.1. The van der Waals surface area contributed by atoms with Crippen LogP contribution in [0.1, 0.15) is 29.4 Å². The summed E-state index contributed by atoms with van der Waals surface area (Å²) >= 11 is 0. The van der Waals surface area contributed by atoms with E-state index in [9.17, 15) is 9.59 Å². The molecule has 0 bridgehead atoms. The van der Waals surface area contributed by atoms with Crippen molar-refractivity contribution in [3.63, 3.8) is 0 Å². The van der Waals surface area contributed by atoms with Gasteiger partial charge in [-0.05, 0) is 24.1 Å². The Labute approximate surface area is 195 Å². The molecule has 2 N–H and O–H groups in total. The second-order valence-corrected chi connectivity index (χ2v) is 7.95. The van der Waals surface area contributed by atoms with Gasteiger partial charge in [-0.1, -0.05) is 73.7 Å². The van der Waals surface area contributed by atoms with E-state index in [2.05, 4.69) is 20.6 Å². The van der Waals surface area contributed by atoms with E-state index in [0.717, 1.165) is 34.1 Å². The molecule has 168 valence electrons. The molecule has 0 aliphatic heterocycles. The van der Waals surface area contributed by atoms with Crippen molar-refractivity contribution in [2.24, 2.45) is 5.10 Å². The SMILES string of the molecule is CCCn1nc(C(=O)N/N=C/c2c(-c3ccccc3)[nH]c3ccccc23)c2ccccc2c1=O. The first-order valence-corrected chi connectivity index (χ1v) is 11.2. The first kappa shape index (κ1) is 21.3. The van der Waals surface area contributed by atoms with Crippen LogP contribution in [0.5, 0.6) is 0 Å². The van der Waals surface area contributed by atoms with Gasteiger partial charge in [-0.3, -0.25) is 9.59 Å². The molecule has 1 amide bonds. The van der Waals surface area contributed by atoms with Gasteiger partial charge in [0.25, 0.3) is 11.5 Å². The molecule has 0 saturated heterocycles. The number of nitrogens with zero attached hydrogens (tertiary/aromatic N) is 3. The van der Waals surface area contributed by atoms with Gasteiger partial charge in [-0.25, -0.2) is 10.1 Å². The van der Waals surface area contributed by atoms with E-state index in [4.69, 9.17) is 0 Å². The lowest BCUT2D eigenvalue weighted by Crippen LogP contribution is -2.29. The van der Waals surface area contributed by atoms with Gasteiger partial charge in [-0.15, -0.1) is 0 Å². The molecule has 0 saturated carbocycles. The van der Waals surface area contributed by atoms with Gasteiger partial charge in [0.05, 0.1) is 17.3 Å². The molecule has 2 aromatic heterocycles. The van der Waals surface area contributed by atoms with Crippen LogP contribution in [0.15, 0.2) is 88.8 Å². The van der Waals surface area contributed by atoms with Crippen molar-refractivity contribution >= 4 is 33.8 Å². The summed E-state index contributed by atoms with van der Waals surface area (Å²) in [6.07, 6.45) is 2.37. The standard InChI is InChI=1S/C27H23N5O2/c1-2-16-32-27(34)21-14-7-6-13-20(21)25(31-32)26(33)30-28-17-22-19-12-8-9-15-23(19)29-24(22)18-10-4-3-5-11-18/h3-15,17,29H,2,16H2,1H3,(H,30,33)/b28-17+. The number of hydrogen-bond acceptors (Lipinski definition) is 4. The van der Waals surface area contributed by atoms with Crippen LogP contribution < -0.4 is 11.0 Å². The van der Waals surface area contributed by atoms with Crippen LogP contribution in [0.2, 0.25) is 0 Å². The second-order valence-electron chi connectivity index (χ2n) is 7.95. The largest absolute Gasteiger partial charge is 0.354 e. The van der Waals surface area contributed by atoms with E-state index in [1.165, 1.54) is 4.68 Å². The number of hydrazone groups is 1. The Morgan fingerprint density at radius 3 is 2.41 bits per heavy atom. The number of amides is 1. The molecule has 0 spiro atoms. The van der Waals surface area contributed by atoms with Gasteiger partial charge in [0.1, 0.15) is 0 Å². The Morgan fingerprint density at radius 2 is 1.65 bits per heavy atom. The Hall–Kier alpha value is -4.52. The predicted molar refractivity (Wildman–Crippen MR) is 135 cm³/mol. The maximum atomic E-state index is 13.1. The van der Waals surface area contributed by atoms with Crippen LogP contribution in [0, 0.1) is 0 Å². The van der Waals surface area contributed by atoms with Crippen LogP contribution in [0.3, 0.4) is 0 Å². The number of para-hydroxylation sites is 1. The molecule has 5 aromatic rings. The molecule has 0 unspecified atom stereocenters. The summed E-state index contributed by atoms with van der Waals surface area (Å²) in [5.41, 5.74) is 6.35. The van der Waals surface area contributed by atoms with Crippen molar-refractivity contribution in [1.29, 1.82) is 0 Å². The van der Waals surface area contributed by atoms with Gasteiger partial charge in [0.15, 0.2) is 5.69 Å². The lowest BCUT2D eigenvalue weighted by Gasteiger charge is -2.09. The average Bonchev–Trinajstić information content (AvgIpc) is 3.25. The number of aromatic amines is 1. The predicted octanol–water partition coefficient (Wildman–Crippen LogP) is 4.72. The first-order valence-electron chi connectivity index (χ1n) is 11.2. The highest BCUT2D eigenvalue weighted by molar-refractivity contribution is 6.07. The molecule has 7 nitrogen and oxygen atoms in total. The van der Waals surface area contributed by atoms with Gasteiger partial charge in [0, 0.05) is 28.4 Å². The van der Waals surface area contributed by atoms with E-state index >= 15 is 0 Å². The minimum atomic E-state index is -0.474. The van der Waals surface area contributed by atoms with Gasteiger partial charge < -0.3 is 4.98 Å². The minimum absolute atomic E-state index is 0.169. The highest BCUT2D eigenvalue weighted by atomic mass is 16.2. The number of aromatic nitrogens is 3. The third kappa shape index (κ3) is 3.88. The fraction of sp³-hybridized carbons (Fsp3) is 0.111. The molecule has 0 aliphatic rings. The summed E-state index contributed by atoms with van der Waals surface area (Å²) in [5.74, 6) is -0.474. The number of aryl methyl sites for hydroxylation is 1. The number of benzene rings is 3. The van der Waals surface area contributed by atoms with Crippen molar-refractivity contribution < 1.29 is 4.79 Å². The number of carbonyl (C=O) groups is 1. The van der Waals surface area contributed by atoms with Crippen LogP contribution in [-0.2, 0) is 6.54 Å². The van der Waals surface area contributed by atoms with E-state index in [0.29, 0.717) is 17.3 Å². The average molecular weight is 450 g/mol. The number of H-pyrrole nitrogens is 1. The Bertz CT molecular complexity index is 1580. The van der Waals surface area contributed by atoms with Gasteiger partial charge in [0.2, 0.25) is 0 Å². The zero-order valence-corrected chi connectivity index (χ0v) is 18.7. The summed E-state index contributed by atoms with van der Waals surface area (Å²) in [5, 5.41) is 10.6. The Kier molecular flexibility index (Phi) is 5.74. The number of fused-ring (bicyclic) bond motifs is 2. The molecular weight excluding hydrogens is 426 g/mol. The van der Waals surface area contributed by atoms with Crippen molar-refractivity contribution in [1.82, 2.24) is 20.2 Å². The molecule has 0 aliphatic carbocycles. The van der Waals surface area contributed by atoms with Crippen LogP contribution in [-0.4, -0.2) is 26.9 Å². The number of hydrogen-bond donors (Lipinski definition) is 2. The van der Waals surface area contributed by atoms with Gasteiger partial charge >= 0.3 is 0 Å². The van der Waals surface area contributed by atoms with E-state index < -0.39 is 5.91 Å². The summed E-state index contributed by atoms with van der Waals surface area (Å²) in [6, 6.07) is 24.9. The molecule has 34 heavy (non-hydrogen) atoms. The van der Waals surface area contributed by atoms with E-state index in [1.807, 2.05) is 61.5 Å². The monoisotopic (exact) mass is 449 g/mol. The highest BCUT2D eigenvalue weighted by Crippen LogP contribution is 2.28. The summed E-state index contributed by atoms with van der Waals surface area (Å²) < 4.78 is 1.34. The number of carbonyl (C=O) groups excluding carboxylic acids is 1. The molecule has 7 heteroatoms. The summed E-state index contributed by atoms with van der Waals surface area (Å²) in [7, 11) is 0. The highest BCUT2D eigenvalue weighted by Gasteiger charge is 2.16. The third-order valence-electron chi connectivity index (χ3n) is 5.69. The fourth-order valence-corrected chi connectivity index (χ4v) is 4.10. The molecule has 3 aromatic carbocycles. The molecule has 2 heterocycles. The summed E-state index contributed by atoms with van der Waals surface area (Å²) in [6.45, 7) is 2.39. The van der Waals surface area contributed by atoms with E-state index in [-0.39, 0.29) is 11.3 Å². The van der Waals surface area contributed by atoms with Crippen molar-refractivity contribution in [2.75, 3.05) is 0 Å². The zero-order valence-electron chi connectivity index (χ0n) is 18.7. The van der Waals surface area contributed by atoms with E-state index in [1.54, 1.807) is 30.5 Å². The maximum absolute atomic E-state index is 13.1. The van der Waals surface area contributed by atoms with Crippen molar-refractivity contribution in [2.45, 2.75) is 19.9 Å². The number of rotatable bonds is 6.